The maximum Gasteiger partial charge on any atom is 0.251 e. The highest BCUT2D eigenvalue weighted by atomic mass is 32.2. The Bertz CT molecular complexity index is 419. The average Bonchev–Trinajstić information content (AvgIpc) is 2.20. The van der Waals surface area contributed by atoms with Gasteiger partial charge in [-0.15, -0.1) is 0 Å². The summed E-state index contributed by atoms with van der Waals surface area (Å²) in [6.45, 7) is 1.80. The van der Waals surface area contributed by atoms with Gasteiger partial charge in [0.1, 0.15) is 0 Å². The van der Waals surface area contributed by atoms with Crippen LogP contribution in [0.25, 0.3) is 0 Å². The minimum atomic E-state index is -0.274. The van der Waals surface area contributed by atoms with E-state index in [2.05, 4.69) is 9.97 Å². The zero-order valence-electron chi connectivity index (χ0n) is 9.27. The van der Waals surface area contributed by atoms with Gasteiger partial charge in [-0.2, -0.15) is 0 Å². The maximum absolute atomic E-state index is 11.3. The number of rotatable bonds is 2. The highest BCUT2D eigenvalue weighted by molar-refractivity contribution is 7.99. The number of thioether (sulfide) groups is 1. The number of hydrogen-bond donors (Lipinski definition) is 2. The van der Waals surface area contributed by atoms with Crippen molar-refractivity contribution >= 4 is 11.8 Å². The van der Waals surface area contributed by atoms with Crippen molar-refractivity contribution in [2.75, 3.05) is 0 Å². The highest BCUT2D eigenvalue weighted by Crippen LogP contribution is 2.31. The van der Waals surface area contributed by atoms with E-state index in [4.69, 9.17) is 0 Å². The smallest absolute Gasteiger partial charge is 0.251 e. The Morgan fingerprint density at radius 1 is 1.50 bits per heavy atom. The standard InChI is InChI=1S/C11H16N2O2S/c1-7-6-10(15)13-11(12-7)16-9-5-3-2-4-8(9)14/h6,8-9,14H,2-5H2,1H3,(H,12,13,15)/t8-,9-/m1/s1. The number of aromatic nitrogens is 2. The first kappa shape index (κ1) is 11.7. The lowest BCUT2D eigenvalue weighted by molar-refractivity contribution is 0.137. The molecule has 16 heavy (non-hydrogen) atoms. The molecule has 0 unspecified atom stereocenters. The minimum absolute atomic E-state index is 0.125. The highest BCUT2D eigenvalue weighted by Gasteiger charge is 2.24. The molecule has 5 heteroatoms. The lowest BCUT2D eigenvalue weighted by Gasteiger charge is -2.26. The van der Waals surface area contributed by atoms with Crippen molar-refractivity contribution in [2.45, 2.75) is 49.1 Å². The summed E-state index contributed by atoms with van der Waals surface area (Å²) in [5.74, 6) is 0. The summed E-state index contributed by atoms with van der Waals surface area (Å²) in [5, 5.41) is 10.6. The number of aryl methyl sites for hydroxylation is 1. The molecule has 0 bridgehead atoms. The zero-order valence-corrected chi connectivity index (χ0v) is 10.1. The number of aliphatic hydroxyl groups excluding tert-OH is 1. The van der Waals surface area contributed by atoms with Crippen molar-refractivity contribution in [3.8, 4) is 0 Å². The quantitative estimate of drug-likeness (QED) is 0.768. The molecule has 1 aliphatic carbocycles. The Morgan fingerprint density at radius 3 is 2.94 bits per heavy atom. The van der Waals surface area contributed by atoms with Crippen LogP contribution in [0.5, 0.6) is 0 Å². The Morgan fingerprint density at radius 2 is 2.25 bits per heavy atom. The Labute approximate surface area is 98.5 Å². The van der Waals surface area contributed by atoms with Crippen LogP contribution in [0, 0.1) is 6.92 Å². The van der Waals surface area contributed by atoms with Crippen LogP contribution < -0.4 is 5.56 Å². The van der Waals surface area contributed by atoms with Crippen LogP contribution in [0.2, 0.25) is 0 Å². The second-order valence-corrected chi connectivity index (χ2v) is 5.43. The molecule has 2 N–H and O–H groups in total. The monoisotopic (exact) mass is 240 g/mol. The lowest BCUT2D eigenvalue weighted by Crippen LogP contribution is -2.27. The molecule has 1 fully saturated rings. The van der Waals surface area contributed by atoms with E-state index in [1.165, 1.54) is 17.8 Å². The minimum Gasteiger partial charge on any atom is -0.392 e. The first-order chi connectivity index (χ1) is 7.65. The third-order valence-electron chi connectivity index (χ3n) is 2.78. The molecule has 1 aromatic heterocycles. The fourth-order valence-corrected chi connectivity index (χ4v) is 3.19. The SMILES string of the molecule is Cc1cc(=O)[nH]c(S[C@@H]2CCCC[C@H]2O)n1. The molecule has 2 atom stereocenters. The lowest BCUT2D eigenvalue weighted by atomic mass is 9.97. The summed E-state index contributed by atoms with van der Waals surface area (Å²) < 4.78 is 0. The maximum atomic E-state index is 11.3. The van der Waals surface area contributed by atoms with Crippen molar-refractivity contribution < 1.29 is 5.11 Å². The van der Waals surface area contributed by atoms with Gasteiger partial charge >= 0.3 is 0 Å². The van der Waals surface area contributed by atoms with E-state index in [1.807, 2.05) is 0 Å². The molecule has 88 valence electrons. The Balaban J connectivity index is 2.10. The Kier molecular flexibility index (Phi) is 3.66. The van der Waals surface area contributed by atoms with Crippen LogP contribution in [0.1, 0.15) is 31.4 Å². The zero-order chi connectivity index (χ0) is 11.5. The second kappa shape index (κ2) is 5.01. The summed E-state index contributed by atoms with van der Waals surface area (Å²) in [6, 6.07) is 1.47. The molecule has 0 amide bonds. The molecule has 0 spiro atoms. The van der Waals surface area contributed by atoms with Crippen LogP contribution in [-0.2, 0) is 0 Å². The second-order valence-electron chi connectivity index (χ2n) is 4.20. The molecule has 1 aliphatic rings. The first-order valence-corrected chi connectivity index (χ1v) is 6.46. The topological polar surface area (TPSA) is 66.0 Å². The van der Waals surface area contributed by atoms with E-state index >= 15 is 0 Å². The summed E-state index contributed by atoms with van der Waals surface area (Å²) >= 11 is 1.48. The third kappa shape index (κ3) is 2.86. The Hall–Kier alpha value is -0.810. The van der Waals surface area contributed by atoms with Gasteiger partial charge in [-0.05, 0) is 19.8 Å². The van der Waals surface area contributed by atoms with Crippen molar-refractivity contribution in [1.82, 2.24) is 9.97 Å². The average molecular weight is 240 g/mol. The number of H-pyrrole nitrogens is 1. The van der Waals surface area contributed by atoms with E-state index in [1.54, 1.807) is 6.92 Å². The van der Waals surface area contributed by atoms with Gasteiger partial charge in [0, 0.05) is 17.0 Å². The molecule has 1 saturated carbocycles. The van der Waals surface area contributed by atoms with Gasteiger partial charge in [0.25, 0.3) is 5.56 Å². The predicted molar refractivity (Wildman–Crippen MR) is 63.7 cm³/mol. The van der Waals surface area contributed by atoms with E-state index in [0.29, 0.717) is 5.16 Å². The predicted octanol–water partition coefficient (Wildman–Crippen LogP) is 1.47. The van der Waals surface area contributed by atoms with Gasteiger partial charge in [-0.25, -0.2) is 4.98 Å². The van der Waals surface area contributed by atoms with Crippen molar-refractivity contribution in [3.05, 3.63) is 22.1 Å². The summed E-state index contributed by atoms with van der Waals surface area (Å²) in [4.78, 5) is 18.2. The molecule has 1 aromatic rings. The normalized spacial score (nSPS) is 25.6. The number of hydrogen-bond acceptors (Lipinski definition) is 4. The van der Waals surface area contributed by atoms with Crippen LogP contribution >= 0.6 is 11.8 Å². The van der Waals surface area contributed by atoms with Crippen molar-refractivity contribution in [3.63, 3.8) is 0 Å². The largest absolute Gasteiger partial charge is 0.392 e. The fourth-order valence-electron chi connectivity index (χ4n) is 1.97. The molecule has 0 aromatic carbocycles. The summed E-state index contributed by atoms with van der Waals surface area (Å²) in [5.41, 5.74) is 0.594. The van der Waals surface area contributed by atoms with E-state index in [-0.39, 0.29) is 16.9 Å². The molecular weight excluding hydrogens is 224 g/mol. The molecule has 4 nitrogen and oxygen atoms in total. The molecule has 0 saturated heterocycles. The third-order valence-corrected chi connectivity index (χ3v) is 4.05. The van der Waals surface area contributed by atoms with Crippen LogP contribution in [0.3, 0.4) is 0 Å². The van der Waals surface area contributed by atoms with Gasteiger partial charge in [0.15, 0.2) is 5.16 Å². The van der Waals surface area contributed by atoms with E-state index in [0.717, 1.165) is 31.4 Å². The van der Waals surface area contributed by atoms with Crippen LogP contribution in [-0.4, -0.2) is 26.4 Å². The first-order valence-electron chi connectivity index (χ1n) is 5.58. The van der Waals surface area contributed by atoms with Gasteiger partial charge < -0.3 is 10.1 Å². The van der Waals surface area contributed by atoms with Crippen molar-refractivity contribution in [1.29, 1.82) is 0 Å². The van der Waals surface area contributed by atoms with Gasteiger partial charge in [-0.3, -0.25) is 4.79 Å². The summed E-state index contributed by atoms with van der Waals surface area (Å²) in [7, 11) is 0. The molecular formula is C11H16N2O2S. The van der Waals surface area contributed by atoms with Crippen molar-refractivity contribution in [2.24, 2.45) is 0 Å². The molecule has 1 heterocycles. The fraction of sp³-hybridized carbons (Fsp3) is 0.636. The summed E-state index contributed by atoms with van der Waals surface area (Å²) in [6.07, 6.45) is 3.81. The number of aliphatic hydroxyl groups is 1. The van der Waals surface area contributed by atoms with Crippen LogP contribution in [0.4, 0.5) is 0 Å². The number of nitrogens with zero attached hydrogens (tertiary/aromatic N) is 1. The van der Waals surface area contributed by atoms with Gasteiger partial charge in [0.05, 0.1) is 6.10 Å². The molecule has 0 aliphatic heterocycles. The molecule has 0 radical (unpaired) electrons. The molecule has 2 rings (SSSR count). The number of nitrogens with one attached hydrogen (secondary N) is 1. The van der Waals surface area contributed by atoms with Crippen LogP contribution in [0.15, 0.2) is 16.0 Å². The number of aromatic amines is 1. The van der Waals surface area contributed by atoms with Gasteiger partial charge in [0.2, 0.25) is 0 Å². The van der Waals surface area contributed by atoms with Gasteiger partial charge in [-0.1, -0.05) is 24.6 Å². The van der Waals surface area contributed by atoms with E-state index < -0.39 is 0 Å². The van der Waals surface area contributed by atoms with E-state index in [9.17, 15) is 9.90 Å².